The smallest absolute Gasteiger partial charge is 0.332 e. The largest absolute Gasteiger partial charge is 0.497 e. The van der Waals surface area contributed by atoms with E-state index in [1.54, 1.807) is 32.4 Å². The van der Waals surface area contributed by atoms with Gasteiger partial charge in [-0.05, 0) is 24.3 Å². The number of fused-ring (bicyclic) bond motifs is 2. The fraction of sp³-hybridized carbons (Fsp3) is 0.214. The van der Waals surface area contributed by atoms with Crippen LogP contribution in [0.25, 0.3) is 21.9 Å². The zero-order valence-electron chi connectivity index (χ0n) is 11.4. The number of pyridine rings is 1. The van der Waals surface area contributed by atoms with Crippen molar-refractivity contribution in [2.45, 2.75) is 0 Å². The highest BCUT2D eigenvalue weighted by Crippen LogP contribution is 2.21. The van der Waals surface area contributed by atoms with Crippen molar-refractivity contribution in [3.63, 3.8) is 0 Å². The highest BCUT2D eigenvalue weighted by Gasteiger charge is 2.11. The maximum atomic E-state index is 12.2. The molecule has 0 amide bonds. The molecule has 6 nitrogen and oxygen atoms in total. The molecular weight excluding hydrogens is 258 g/mol. The monoisotopic (exact) mass is 271 g/mol. The molecule has 0 N–H and O–H groups in total. The molecule has 3 rings (SSSR count). The Morgan fingerprint density at radius 2 is 1.85 bits per heavy atom. The third kappa shape index (κ3) is 1.61. The summed E-state index contributed by atoms with van der Waals surface area (Å²) < 4.78 is 7.62. The second-order valence-electron chi connectivity index (χ2n) is 4.62. The Kier molecular flexibility index (Phi) is 2.60. The van der Waals surface area contributed by atoms with E-state index in [9.17, 15) is 9.59 Å². The Bertz CT molecular complexity index is 954. The lowest BCUT2D eigenvalue weighted by molar-refractivity contribution is 0.415. The van der Waals surface area contributed by atoms with Gasteiger partial charge >= 0.3 is 5.69 Å². The van der Waals surface area contributed by atoms with E-state index >= 15 is 0 Å². The van der Waals surface area contributed by atoms with Gasteiger partial charge in [-0.3, -0.25) is 13.9 Å². The van der Waals surface area contributed by atoms with Crippen molar-refractivity contribution in [2.75, 3.05) is 7.11 Å². The Morgan fingerprint density at radius 3 is 2.55 bits per heavy atom. The fourth-order valence-corrected chi connectivity index (χ4v) is 2.27. The molecule has 2 aromatic heterocycles. The fourth-order valence-electron chi connectivity index (χ4n) is 2.27. The Labute approximate surface area is 113 Å². The maximum Gasteiger partial charge on any atom is 0.332 e. The van der Waals surface area contributed by atoms with Crippen LogP contribution in [-0.2, 0) is 14.1 Å². The SMILES string of the molecule is COc1ccc2nc3c(cc2c1)c(=O)n(C)c(=O)n3C. The van der Waals surface area contributed by atoms with Crippen LogP contribution >= 0.6 is 0 Å². The number of hydrogen-bond donors (Lipinski definition) is 0. The van der Waals surface area contributed by atoms with Crippen molar-refractivity contribution in [2.24, 2.45) is 14.1 Å². The lowest BCUT2D eigenvalue weighted by atomic mass is 10.2. The number of aryl methyl sites for hydroxylation is 1. The molecule has 0 saturated carbocycles. The highest BCUT2D eigenvalue weighted by atomic mass is 16.5. The van der Waals surface area contributed by atoms with E-state index in [2.05, 4.69) is 4.98 Å². The molecule has 0 saturated heterocycles. The number of aromatic nitrogens is 3. The Morgan fingerprint density at radius 1 is 1.10 bits per heavy atom. The van der Waals surface area contributed by atoms with Crippen LogP contribution in [0.4, 0.5) is 0 Å². The van der Waals surface area contributed by atoms with Gasteiger partial charge in [0.05, 0.1) is 18.0 Å². The van der Waals surface area contributed by atoms with E-state index in [1.165, 1.54) is 11.6 Å². The lowest BCUT2D eigenvalue weighted by Crippen LogP contribution is -2.37. The summed E-state index contributed by atoms with van der Waals surface area (Å²) in [5.74, 6) is 0.695. The van der Waals surface area contributed by atoms with Crippen molar-refractivity contribution in [1.29, 1.82) is 0 Å². The van der Waals surface area contributed by atoms with Crippen LogP contribution in [0.2, 0.25) is 0 Å². The van der Waals surface area contributed by atoms with Crippen LogP contribution in [0.15, 0.2) is 33.9 Å². The van der Waals surface area contributed by atoms with E-state index in [0.29, 0.717) is 22.3 Å². The van der Waals surface area contributed by atoms with Crippen molar-refractivity contribution in [3.8, 4) is 5.75 Å². The summed E-state index contributed by atoms with van der Waals surface area (Å²) in [5, 5.41) is 1.21. The molecule has 0 aliphatic heterocycles. The molecule has 1 aromatic carbocycles. The molecular formula is C14H13N3O3. The van der Waals surface area contributed by atoms with Gasteiger partial charge in [-0.15, -0.1) is 0 Å². The van der Waals surface area contributed by atoms with Gasteiger partial charge < -0.3 is 4.74 Å². The summed E-state index contributed by atoms with van der Waals surface area (Å²) in [6, 6.07) is 7.14. The molecule has 0 atom stereocenters. The third-order valence-electron chi connectivity index (χ3n) is 3.43. The van der Waals surface area contributed by atoms with Crippen molar-refractivity contribution < 1.29 is 4.74 Å². The second-order valence-corrected chi connectivity index (χ2v) is 4.62. The maximum absolute atomic E-state index is 12.2. The second kappa shape index (κ2) is 4.19. The summed E-state index contributed by atoms with van der Waals surface area (Å²) in [6.45, 7) is 0. The molecule has 6 heteroatoms. The summed E-state index contributed by atoms with van der Waals surface area (Å²) in [7, 11) is 4.64. The number of rotatable bonds is 1. The lowest BCUT2D eigenvalue weighted by Gasteiger charge is -2.08. The molecule has 0 radical (unpaired) electrons. The van der Waals surface area contributed by atoms with Gasteiger partial charge in [0.1, 0.15) is 11.4 Å². The van der Waals surface area contributed by atoms with Crippen LogP contribution in [0, 0.1) is 0 Å². The summed E-state index contributed by atoms with van der Waals surface area (Å²) in [4.78, 5) is 28.5. The molecule has 0 bridgehead atoms. The van der Waals surface area contributed by atoms with Crippen LogP contribution in [0.1, 0.15) is 0 Å². The first-order valence-electron chi connectivity index (χ1n) is 6.07. The van der Waals surface area contributed by atoms with Gasteiger partial charge in [0.15, 0.2) is 0 Å². The van der Waals surface area contributed by atoms with E-state index in [0.717, 1.165) is 9.95 Å². The average Bonchev–Trinajstić information content (AvgIpc) is 2.48. The van der Waals surface area contributed by atoms with Crippen LogP contribution in [0.5, 0.6) is 5.75 Å². The average molecular weight is 271 g/mol. The van der Waals surface area contributed by atoms with Gasteiger partial charge in [-0.1, -0.05) is 0 Å². The number of methoxy groups -OCH3 is 1. The number of ether oxygens (including phenoxy) is 1. The van der Waals surface area contributed by atoms with Crippen LogP contribution in [-0.4, -0.2) is 21.2 Å². The number of hydrogen-bond acceptors (Lipinski definition) is 4. The summed E-state index contributed by atoms with van der Waals surface area (Å²) in [5.41, 5.74) is 0.362. The van der Waals surface area contributed by atoms with E-state index in [-0.39, 0.29) is 11.2 Å². The first kappa shape index (κ1) is 12.4. The van der Waals surface area contributed by atoms with Crippen molar-refractivity contribution in [1.82, 2.24) is 14.1 Å². The van der Waals surface area contributed by atoms with E-state index < -0.39 is 0 Å². The quantitative estimate of drug-likeness (QED) is 0.614. The van der Waals surface area contributed by atoms with Gasteiger partial charge in [-0.2, -0.15) is 0 Å². The standard InChI is InChI=1S/C14H13N3O3/c1-16-12-10(13(18)17(2)14(16)19)7-8-6-9(20-3)4-5-11(8)15-12/h4-7H,1-3H3. The molecule has 2 heterocycles. The first-order valence-corrected chi connectivity index (χ1v) is 6.07. The predicted octanol–water partition coefficient (Wildman–Crippen LogP) is 0.794. The molecule has 0 aliphatic rings. The molecule has 0 aliphatic carbocycles. The van der Waals surface area contributed by atoms with Crippen LogP contribution in [0.3, 0.4) is 0 Å². The van der Waals surface area contributed by atoms with Gasteiger partial charge in [0, 0.05) is 19.5 Å². The van der Waals surface area contributed by atoms with Crippen molar-refractivity contribution in [3.05, 3.63) is 45.1 Å². The molecule has 20 heavy (non-hydrogen) atoms. The summed E-state index contributed by atoms with van der Waals surface area (Å²) >= 11 is 0. The number of nitrogens with zero attached hydrogens (tertiary/aromatic N) is 3. The molecule has 0 unspecified atom stereocenters. The van der Waals surface area contributed by atoms with E-state index in [1.807, 2.05) is 6.07 Å². The van der Waals surface area contributed by atoms with Gasteiger partial charge in [-0.25, -0.2) is 9.78 Å². The van der Waals surface area contributed by atoms with Crippen molar-refractivity contribution >= 4 is 21.9 Å². The zero-order chi connectivity index (χ0) is 14.4. The van der Waals surface area contributed by atoms with E-state index in [4.69, 9.17) is 4.74 Å². The number of benzene rings is 1. The summed E-state index contributed by atoms with van der Waals surface area (Å²) in [6.07, 6.45) is 0. The zero-order valence-corrected chi connectivity index (χ0v) is 11.4. The topological polar surface area (TPSA) is 66.1 Å². The third-order valence-corrected chi connectivity index (χ3v) is 3.43. The van der Waals surface area contributed by atoms with Crippen LogP contribution < -0.4 is 16.0 Å². The molecule has 102 valence electrons. The minimum Gasteiger partial charge on any atom is -0.497 e. The minimum atomic E-state index is -0.386. The molecule has 3 aromatic rings. The highest BCUT2D eigenvalue weighted by molar-refractivity contribution is 5.91. The van der Waals surface area contributed by atoms with Gasteiger partial charge in [0.25, 0.3) is 5.56 Å². The first-order chi connectivity index (χ1) is 9.52. The Hall–Kier alpha value is -2.63. The predicted molar refractivity (Wildman–Crippen MR) is 76.3 cm³/mol. The molecule has 0 fully saturated rings. The Balaban J connectivity index is 2.54. The van der Waals surface area contributed by atoms with Gasteiger partial charge in [0.2, 0.25) is 0 Å². The minimum absolute atomic E-state index is 0.347. The molecule has 0 spiro atoms. The normalized spacial score (nSPS) is 11.2.